The standard InChI is InChI=1S/C20H18N2O4/c1-25-13-8-9-14(15(10-13)26-2)16-17(20(16,11-21)19(22)24)18(23)12-6-4-3-5-7-12/h3-10,16-17H,1-2H3,(H2,22,24)/t16-,17-,20?/m0/s1. The molecule has 26 heavy (non-hydrogen) atoms. The average molecular weight is 350 g/mol. The van der Waals surface area contributed by atoms with Gasteiger partial charge in [0.05, 0.1) is 26.2 Å². The smallest absolute Gasteiger partial charge is 0.239 e. The third-order valence-corrected chi connectivity index (χ3v) is 4.91. The predicted molar refractivity (Wildman–Crippen MR) is 93.8 cm³/mol. The first-order valence-corrected chi connectivity index (χ1v) is 8.03. The number of hydrogen-bond acceptors (Lipinski definition) is 5. The molecule has 2 N–H and O–H groups in total. The average Bonchev–Trinajstić information content (AvgIpc) is 3.37. The first kappa shape index (κ1) is 17.5. The van der Waals surface area contributed by atoms with E-state index < -0.39 is 23.2 Å². The highest BCUT2D eigenvalue weighted by molar-refractivity contribution is 6.08. The van der Waals surface area contributed by atoms with Crippen molar-refractivity contribution < 1.29 is 19.1 Å². The Morgan fingerprint density at radius 2 is 1.81 bits per heavy atom. The van der Waals surface area contributed by atoms with Crippen LogP contribution in [0.25, 0.3) is 0 Å². The first-order valence-electron chi connectivity index (χ1n) is 8.03. The molecule has 3 rings (SSSR count). The summed E-state index contributed by atoms with van der Waals surface area (Å²) in [7, 11) is 3.00. The van der Waals surface area contributed by atoms with Gasteiger partial charge in [-0.2, -0.15) is 5.26 Å². The van der Waals surface area contributed by atoms with E-state index in [4.69, 9.17) is 15.2 Å². The number of carbonyl (C=O) groups is 2. The summed E-state index contributed by atoms with van der Waals surface area (Å²) < 4.78 is 10.6. The number of nitriles is 1. The van der Waals surface area contributed by atoms with E-state index in [2.05, 4.69) is 0 Å². The molecule has 0 bridgehead atoms. The minimum atomic E-state index is -1.59. The van der Waals surface area contributed by atoms with Gasteiger partial charge in [0.1, 0.15) is 11.5 Å². The Hall–Kier alpha value is -3.33. The van der Waals surface area contributed by atoms with E-state index in [1.54, 1.807) is 48.5 Å². The number of methoxy groups -OCH3 is 2. The highest BCUT2D eigenvalue weighted by atomic mass is 16.5. The van der Waals surface area contributed by atoms with E-state index >= 15 is 0 Å². The lowest BCUT2D eigenvalue weighted by Gasteiger charge is -2.11. The molecule has 0 spiro atoms. The van der Waals surface area contributed by atoms with Crippen LogP contribution in [0.1, 0.15) is 21.8 Å². The molecule has 6 heteroatoms. The van der Waals surface area contributed by atoms with Crippen LogP contribution >= 0.6 is 0 Å². The van der Waals surface area contributed by atoms with Gasteiger partial charge in [-0.15, -0.1) is 0 Å². The van der Waals surface area contributed by atoms with Crippen LogP contribution in [0.4, 0.5) is 0 Å². The van der Waals surface area contributed by atoms with Crippen molar-refractivity contribution >= 4 is 11.7 Å². The van der Waals surface area contributed by atoms with Crippen molar-refractivity contribution in [1.29, 1.82) is 5.26 Å². The van der Waals surface area contributed by atoms with Gasteiger partial charge in [-0.1, -0.05) is 36.4 Å². The molecule has 1 aliphatic carbocycles. The van der Waals surface area contributed by atoms with Crippen LogP contribution < -0.4 is 15.2 Å². The number of nitrogens with zero attached hydrogens (tertiary/aromatic N) is 1. The van der Waals surface area contributed by atoms with Crippen LogP contribution in [0.3, 0.4) is 0 Å². The maximum absolute atomic E-state index is 13.0. The van der Waals surface area contributed by atoms with Crippen molar-refractivity contribution in [2.45, 2.75) is 5.92 Å². The third-order valence-electron chi connectivity index (χ3n) is 4.91. The van der Waals surface area contributed by atoms with Crippen molar-refractivity contribution in [2.24, 2.45) is 17.1 Å². The second-order valence-corrected chi connectivity index (χ2v) is 6.14. The SMILES string of the molecule is COc1ccc([C@H]2[C@@H](C(=O)c3ccccc3)C2(C#N)C(N)=O)c(OC)c1. The molecular weight excluding hydrogens is 332 g/mol. The van der Waals surface area contributed by atoms with E-state index in [-0.39, 0.29) is 5.78 Å². The van der Waals surface area contributed by atoms with Crippen molar-refractivity contribution in [3.8, 4) is 17.6 Å². The molecule has 1 fully saturated rings. The Balaban J connectivity index is 2.09. The summed E-state index contributed by atoms with van der Waals surface area (Å²) in [4.78, 5) is 25.1. The summed E-state index contributed by atoms with van der Waals surface area (Å²) in [6, 6.07) is 15.6. The van der Waals surface area contributed by atoms with E-state index in [1.807, 2.05) is 6.07 Å². The molecule has 1 unspecified atom stereocenters. The highest BCUT2D eigenvalue weighted by Crippen LogP contribution is 2.67. The Kier molecular flexibility index (Phi) is 4.39. The lowest BCUT2D eigenvalue weighted by Crippen LogP contribution is -2.28. The molecule has 1 aliphatic rings. The minimum absolute atomic E-state index is 0.283. The number of nitrogens with two attached hydrogens (primary N) is 1. The normalized spacial score (nSPS) is 23.6. The van der Waals surface area contributed by atoms with Crippen molar-refractivity contribution in [1.82, 2.24) is 0 Å². The second kappa shape index (κ2) is 6.52. The number of Topliss-reactive ketones (excluding diaryl/α,β-unsaturated/α-hetero) is 1. The van der Waals surface area contributed by atoms with Crippen molar-refractivity contribution in [3.63, 3.8) is 0 Å². The second-order valence-electron chi connectivity index (χ2n) is 6.14. The first-order chi connectivity index (χ1) is 12.5. The quantitative estimate of drug-likeness (QED) is 0.805. The molecule has 1 amide bonds. The van der Waals surface area contributed by atoms with E-state index in [0.29, 0.717) is 22.6 Å². The Morgan fingerprint density at radius 3 is 2.35 bits per heavy atom. The Bertz CT molecular complexity index is 904. The number of ether oxygens (including phenoxy) is 2. The molecule has 2 aromatic carbocycles. The summed E-state index contributed by atoms with van der Waals surface area (Å²) in [5, 5.41) is 9.72. The van der Waals surface area contributed by atoms with Gasteiger partial charge in [0, 0.05) is 23.1 Å². The minimum Gasteiger partial charge on any atom is -0.497 e. The van der Waals surface area contributed by atoms with Crippen molar-refractivity contribution in [3.05, 3.63) is 59.7 Å². The summed E-state index contributed by atoms with van der Waals surface area (Å²) in [5.74, 6) is -1.60. The summed E-state index contributed by atoms with van der Waals surface area (Å²) >= 11 is 0. The fourth-order valence-corrected chi connectivity index (χ4v) is 3.53. The molecule has 0 saturated heterocycles. The molecule has 132 valence electrons. The number of hydrogen-bond donors (Lipinski definition) is 1. The van der Waals surface area contributed by atoms with Gasteiger partial charge in [0.25, 0.3) is 0 Å². The van der Waals surface area contributed by atoms with Gasteiger partial charge < -0.3 is 15.2 Å². The number of carbonyl (C=O) groups excluding carboxylic acids is 2. The Morgan fingerprint density at radius 1 is 1.12 bits per heavy atom. The predicted octanol–water partition coefficient (Wildman–Crippen LogP) is 2.30. The monoisotopic (exact) mass is 350 g/mol. The molecule has 2 aromatic rings. The molecule has 0 radical (unpaired) electrons. The molecule has 0 aliphatic heterocycles. The number of primary amides is 1. The van der Waals surface area contributed by atoms with Crippen molar-refractivity contribution in [2.75, 3.05) is 14.2 Å². The van der Waals surface area contributed by atoms with Crippen LogP contribution in [0.15, 0.2) is 48.5 Å². The number of ketones is 1. The molecule has 3 atom stereocenters. The van der Waals surface area contributed by atoms with Crippen LogP contribution in [-0.4, -0.2) is 25.9 Å². The molecular formula is C20H18N2O4. The Labute approximate surface area is 151 Å². The largest absolute Gasteiger partial charge is 0.497 e. The van der Waals surface area contributed by atoms with Gasteiger partial charge in [0.15, 0.2) is 11.2 Å². The third kappa shape index (κ3) is 2.49. The van der Waals surface area contributed by atoms with E-state index in [9.17, 15) is 14.9 Å². The summed E-state index contributed by atoms with van der Waals surface area (Å²) in [6.45, 7) is 0. The molecule has 1 saturated carbocycles. The van der Waals surface area contributed by atoms with Gasteiger partial charge in [0.2, 0.25) is 5.91 Å². The zero-order valence-electron chi connectivity index (χ0n) is 14.4. The fourth-order valence-electron chi connectivity index (χ4n) is 3.53. The summed E-state index contributed by atoms with van der Waals surface area (Å²) in [5.41, 5.74) is 4.98. The van der Waals surface area contributed by atoms with Gasteiger partial charge in [-0.05, 0) is 6.07 Å². The van der Waals surface area contributed by atoms with Gasteiger partial charge >= 0.3 is 0 Å². The lowest BCUT2D eigenvalue weighted by molar-refractivity contribution is -0.121. The van der Waals surface area contributed by atoms with Crippen LogP contribution in [-0.2, 0) is 4.79 Å². The number of amides is 1. The van der Waals surface area contributed by atoms with Crippen LogP contribution in [0.2, 0.25) is 0 Å². The van der Waals surface area contributed by atoms with Gasteiger partial charge in [-0.3, -0.25) is 9.59 Å². The number of rotatable bonds is 6. The lowest BCUT2D eigenvalue weighted by atomic mass is 9.98. The van der Waals surface area contributed by atoms with E-state index in [1.165, 1.54) is 14.2 Å². The van der Waals surface area contributed by atoms with Gasteiger partial charge in [-0.25, -0.2) is 0 Å². The maximum atomic E-state index is 13.0. The zero-order valence-corrected chi connectivity index (χ0v) is 14.4. The highest BCUT2D eigenvalue weighted by Gasteiger charge is 2.74. The molecule has 0 aromatic heterocycles. The fraction of sp³-hybridized carbons (Fsp3) is 0.250. The van der Waals surface area contributed by atoms with Crippen LogP contribution in [0.5, 0.6) is 11.5 Å². The maximum Gasteiger partial charge on any atom is 0.239 e. The molecule has 0 heterocycles. The molecule has 6 nitrogen and oxygen atoms in total. The number of benzene rings is 2. The van der Waals surface area contributed by atoms with Crippen LogP contribution in [0, 0.1) is 22.7 Å². The van der Waals surface area contributed by atoms with E-state index in [0.717, 1.165) is 0 Å². The summed E-state index contributed by atoms with van der Waals surface area (Å²) in [6.07, 6.45) is 0. The zero-order chi connectivity index (χ0) is 18.9. The topological polar surface area (TPSA) is 102 Å².